The Morgan fingerprint density at radius 1 is 1.40 bits per heavy atom. The number of aromatic nitrogens is 2. The van der Waals surface area contributed by atoms with E-state index in [2.05, 4.69) is 28.4 Å². The van der Waals surface area contributed by atoms with Crippen molar-refractivity contribution in [3.05, 3.63) is 33.1 Å². The minimum atomic E-state index is 0.398. The third-order valence-electron chi connectivity index (χ3n) is 3.80. The van der Waals surface area contributed by atoms with Crippen molar-refractivity contribution in [1.29, 1.82) is 0 Å². The van der Waals surface area contributed by atoms with E-state index in [0.29, 0.717) is 17.8 Å². The Morgan fingerprint density at radius 3 is 3.00 bits per heavy atom. The molecule has 1 aliphatic rings. The molecule has 1 atom stereocenters. The molecule has 4 nitrogen and oxygen atoms in total. The van der Waals surface area contributed by atoms with Crippen molar-refractivity contribution in [1.82, 2.24) is 15.5 Å². The molecule has 2 aromatic heterocycles. The Labute approximate surface area is 123 Å². The van der Waals surface area contributed by atoms with Crippen molar-refractivity contribution < 1.29 is 4.52 Å². The van der Waals surface area contributed by atoms with Crippen LogP contribution >= 0.6 is 11.3 Å². The summed E-state index contributed by atoms with van der Waals surface area (Å²) in [5.74, 6) is 1.42. The highest BCUT2D eigenvalue weighted by Gasteiger charge is 2.16. The first-order valence-electron chi connectivity index (χ1n) is 7.36. The van der Waals surface area contributed by atoms with Crippen molar-refractivity contribution in [2.24, 2.45) is 0 Å². The maximum absolute atomic E-state index is 5.12. The minimum absolute atomic E-state index is 0.398. The molecule has 2 heterocycles. The van der Waals surface area contributed by atoms with Crippen LogP contribution in [-0.4, -0.2) is 16.7 Å². The molecule has 0 saturated heterocycles. The van der Waals surface area contributed by atoms with Gasteiger partial charge in [-0.15, -0.1) is 11.3 Å². The molecule has 0 aromatic carbocycles. The van der Waals surface area contributed by atoms with Crippen LogP contribution in [0, 0.1) is 6.92 Å². The van der Waals surface area contributed by atoms with E-state index in [0.717, 1.165) is 13.0 Å². The summed E-state index contributed by atoms with van der Waals surface area (Å²) in [5.41, 5.74) is 1.58. The lowest BCUT2D eigenvalue weighted by Crippen LogP contribution is -2.20. The summed E-state index contributed by atoms with van der Waals surface area (Å²) in [4.78, 5) is 7.28. The number of nitrogens with one attached hydrogen (secondary N) is 1. The van der Waals surface area contributed by atoms with Gasteiger partial charge in [-0.2, -0.15) is 4.98 Å². The molecule has 0 bridgehead atoms. The molecule has 0 saturated carbocycles. The van der Waals surface area contributed by atoms with Crippen LogP contribution in [0.25, 0.3) is 0 Å². The van der Waals surface area contributed by atoms with E-state index < -0.39 is 0 Å². The predicted octanol–water partition coefficient (Wildman–Crippen LogP) is 3.21. The summed E-state index contributed by atoms with van der Waals surface area (Å²) in [6.45, 7) is 4.95. The highest BCUT2D eigenvalue weighted by atomic mass is 32.1. The van der Waals surface area contributed by atoms with Gasteiger partial charge in [-0.3, -0.25) is 0 Å². The SMILES string of the molecule is Cc1noc(CCNC(C)c2cc3c(s2)CCCC3)n1. The molecule has 1 aliphatic carbocycles. The number of rotatable bonds is 5. The summed E-state index contributed by atoms with van der Waals surface area (Å²) in [6, 6.07) is 2.79. The van der Waals surface area contributed by atoms with E-state index in [-0.39, 0.29) is 0 Å². The molecule has 20 heavy (non-hydrogen) atoms. The maximum atomic E-state index is 5.12. The second-order valence-electron chi connectivity index (χ2n) is 5.47. The Bertz CT molecular complexity index is 552. The van der Waals surface area contributed by atoms with Gasteiger partial charge in [0, 0.05) is 28.8 Å². The number of fused-ring (bicyclic) bond motifs is 1. The zero-order valence-corrected chi connectivity index (χ0v) is 12.9. The number of thiophene rings is 1. The largest absolute Gasteiger partial charge is 0.339 e. The summed E-state index contributed by atoms with van der Waals surface area (Å²) in [5, 5.41) is 7.35. The quantitative estimate of drug-likeness (QED) is 0.919. The molecule has 0 aliphatic heterocycles. The molecule has 2 aromatic rings. The fourth-order valence-electron chi connectivity index (χ4n) is 2.66. The monoisotopic (exact) mass is 291 g/mol. The molecule has 0 spiro atoms. The Kier molecular flexibility index (Phi) is 4.17. The summed E-state index contributed by atoms with van der Waals surface area (Å²) in [6.07, 6.45) is 6.02. The fourth-order valence-corrected chi connectivity index (χ4v) is 3.95. The second kappa shape index (κ2) is 6.06. The second-order valence-corrected chi connectivity index (χ2v) is 6.63. The van der Waals surface area contributed by atoms with Crippen molar-refractivity contribution in [3.63, 3.8) is 0 Å². The highest BCUT2D eigenvalue weighted by Crippen LogP contribution is 2.32. The lowest BCUT2D eigenvalue weighted by molar-refractivity contribution is 0.370. The van der Waals surface area contributed by atoms with Gasteiger partial charge in [0.15, 0.2) is 5.82 Å². The topological polar surface area (TPSA) is 51.0 Å². The van der Waals surface area contributed by atoms with Crippen LogP contribution in [0.15, 0.2) is 10.6 Å². The van der Waals surface area contributed by atoms with Gasteiger partial charge in [-0.25, -0.2) is 0 Å². The van der Waals surface area contributed by atoms with Gasteiger partial charge in [-0.1, -0.05) is 5.16 Å². The molecular weight excluding hydrogens is 270 g/mol. The predicted molar refractivity (Wildman–Crippen MR) is 80.1 cm³/mol. The lowest BCUT2D eigenvalue weighted by Gasteiger charge is -2.10. The van der Waals surface area contributed by atoms with E-state index in [1.165, 1.54) is 30.6 Å². The van der Waals surface area contributed by atoms with E-state index in [1.807, 2.05) is 18.3 Å². The molecular formula is C15H21N3OS. The van der Waals surface area contributed by atoms with Crippen molar-refractivity contribution in [2.75, 3.05) is 6.54 Å². The summed E-state index contributed by atoms with van der Waals surface area (Å²) >= 11 is 1.98. The molecule has 0 fully saturated rings. The van der Waals surface area contributed by atoms with Gasteiger partial charge in [0.25, 0.3) is 0 Å². The highest BCUT2D eigenvalue weighted by molar-refractivity contribution is 7.12. The van der Waals surface area contributed by atoms with Gasteiger partial charge in [0.2, 0.25) is 5.89 Å². The van der Waals surface area contributed by atoms with Crippen LogP contribution in [0.2, 0.25) is 0 Å². The van der Waals surface area contributed by atoms with Crippen LogP contribution < -0.4 is 5.32 Å². The zero-order valence-electron chi connectivity index (χ0n) is 12.1. The maximum Gasteiger partial charge on any atom is 0.227 e. The normalized spacial score (nSPS) is 16.1. The first kappa shape index (κ1) is 13.8. The van der Waals surface area contributed by atoms with Crippen molar-refractivity contribution in [2.45, 2.75) is 52.0 Å². The Morgan fingerprint density at radius 2 is 2.25 bits per heavy atom. The van der Waals surface area contributed by atoms with E-state index in [4.69, 9.17) is 4.52 Å². The van der Waals surface area contributed by atoms with Crippen LogP contribution in [0.4, 0.5) is 0 Å². The van der Waals surface area contributed by atoms with E-state index >= 15 is 0 Å². The zero-order chi connectivity index (χ0) is 13.9. The third kappa shape index (κ3) is 3.10. The average molecular weight is 291 g/mol. The molecule has 3 rings (SSSR count). The first-order chi connectivity index (χ1) is 9.72. The van der Waals surface area contributed by atoms with Gasteiger partial charge >= 0.3 is 0 Å². The van der Waals surface area contributed by atoms with Crippen LogP contribution in [0.5, 0.6) is 0 Å². The fraction of sp³-hybridized carbons (Fsp3) is 0.600. The molecule has 1 N–H and O–H groups in total. The smallest absolute Gasteiger partial charge is 0.227 e. The lowest BCUT2D eigenvalue weighted by atomic mass is 9.99. The Balaban J connectivity index is 1.53. The molecule has 0 radical (unpaired) electrons. The number of aryl methyl sites for hydroxylation is 3. The van der Waals surface area contributed by atoms with Gasteiger partial charge in [0.1, 0.15) is 0 Å². The van der Waals surface area contributed by atoms with Crippen LogP contribution in [-0.2, 0) is 19.3 Å². The standard InChI is InChI=1S/C15H21N3OS/c1-10(16-8-7-15-17-11(2)18-19-15)14-9-12-5-3-4-6-13(12)20-14/h9-10,16H,3-8H2,1-2H3. The number of hydrogen-bond donors (Lipinski definition) is 1. The Hall–Kier alpha value is -1.20. The van der Waals surface area contributed by atoms with Crippen LogP contribution in [0.3, 0.4) is 0 Å². The average Bonchev–Trinajstić information content (AvgIpc) is 3.04. The van der Waals surface area contributed by atoms with Crippen LogP contribution in [0.1, 0.15) is 52.8 Å². The number of nitrogens with zero attached hydrogens (tertiary/aromatic N) is 2. The van der Waals surface area contributed by atoms with Gasteiger partial charge < -0.3 is 9.84 Å². The summed E-state index contributed by atoms with van der Waals surface area (Å²) < 4.78 is 5.12. The van der Waals surface area contributed by atoms with Gasteiger partial charge in [-0.05, 0) is 51.2 Å². The van der Waals surface area contributed by atoms with Crippen molar-refractivity contribution in [3.8, 4) is 0 Å². The van der Waals surface area contributed by atoms with Gasteiger partial charge in [0.05, 0.1) is 0 Å². The molecule has 0 amide bonds. The third-order valence-corrected chi connectivity index (χ3v) is 5.22. The molecule has 5 heteroatoms. The molecule has 108 valence electrons. The number of hydrogen-bond acceptors (Lipinski definition) is 5. The first-order valence-corrected chi connectivity index (χ1v) is 8.18. The molecule has 1 unspecified atom stereocenters. The summed E-state index contributed by atoms with van der Waals surface area (Å²) in [7, 11) is 0. The minimum Gasteiger partial charge on any atom is -0.339 e. The van der Waals surface area contributed by atoms with Crippen molar-refractivity contribution >= 4 is 11.3 Å². The van der Waals surface area contributed by atoms with E-state index in [1.54, 1.807) is 10.4 Å². The van der Waals surface area contributed by atoms with E-state index in [9.17, 15) is 0 Å².